The molecule has 152 valence electrons. The van der Waals surface area contributed by atoms with Crippen LogP contribution in [-0.4, -0.2) is 53.9 Å². The van der Waals surface area contributed by atoms with Gasteiger partial charge in [-0.25, -0.2) is 0 Å². The molecule has 2 rings (SSSR count). The SMILES string of the molecule is CCNC(=NCCC(=O)N(C)Cc1ccccc1)N1CC(C)(C)C1(C)C.I. The van der Waals surface area contributed by atoms with E-state index in [1.54, 1.807) is 4.90 Å². The van der Waals surface area contributed by atoms with Crippen molar-refractivity contribution in [3.05, 3.63) is 35.9 Å². The molecule has 0 unspecified atom stereocenters. The van der Waals surface area contributed by atoms with Gasteiger partial charge in [-0.1, -0.05) is 44.2 Å². The maximum atomic E-state index is 12.4. The maximum absolute atomic E-state index is 12.4. The lowest BCUT2D eigenvalue weighted by atomic mass is 9.65. The summed E-state index contributed by atoms with van der Waals surface area (Å²) in [6, 6.07) is 10.1. The number of aliphatic imine (C=N–C) groups is 1. The Labute approximate surface area is 181 Å². The van der Waals surface area contributed by atoms with Crippen molar-refractivity contribution < 1.29 is 4.79 Å². The van der Waals surface area contributed by atoms with Gasteiger partial charge in [-0.3, -0.25) is 9.79 Å². The Morgan fingerprint density at radius 1 is 1.22 bits per heavy atom. The van der Waals surface area contributed by atoms with Crippen LogP contribution in [0.15, 0.2) is 35.3 Å². The molecule has 1 aliphatic heterocycles. The normalized spacial score (nSPS) is 17.6. The van der Waals surface area contributed by atoms with Crippen LogP contribution in [0, 0.1) is 5.41 Å². The summed E-state index contributed by atoms with van der Waals surface area (Å²) in [6.45, 7) is 14.1. The Morgan fingerprint density at radius 2 is 1.85 bits per heavy atom. The van der Waals surface area contributed by atoms with Crippen molar-refractivity contribution in [2.45, 2.75) is 53.1 Å². The van der Waals surface area contributed by atoms with Crippen LogP contribution in [0.5, 0.6) is 0 Å². The van der Waals surface area contributed by atoms with Crippen LogP contribution in [-0.2, 0) is 11.3 Å². The Kier molecular flexibility index (Phi) is 8.57. The highest BCUT2D eigenvalue weighted by Gasteiger charge is 2.53. The summed E-state index contributed by atoms with van der Waals surface area (Å²) in [5.41, 5.74) is 1.46. The molecule has 1 aliphatic rings. The van der Waals surface area contributed by atoms with E-state index in [1.807, 2.05) is 37.4 Å². The quantitative estimate of drug-likeness (QED) is 0.379. The largest absolute Gasteiger partial charge is 0.356 e. The van der Waals surface area contributed by atoms with Crippen LogP contribution in [0.25, 0.3) is 0 Å². The van der Waals surface area contributed by atoms with E-state index in [0.29, 0.717) is 19.5 Å². The minimum atomic E-state index is 0. The van der Waals surface area contributed by atoms with Crippen LogP contribution in [0.2, 0.25) is 0 Å². The third-order valence-electron chi connectivity index (χ3n) is 5.75. The van der Waals surface area contributed by atoms with Crippen molar-refractivity contribution in [1.82, 2.24) is 15.1 Å². The van der Waals surface area contributed by atoms with Crippen molar-refractivity contribution >= 4 is 35.8 Å². The smallest absolute Gasteiger partial charge is 0.224 e. The Morgan fingerprint density at radius 3 is 2.37 bits per heavy atom. The van der Waals surface area contributed by atoms with Gasteiger partial charge in [0.2, 0.25) is 5.91 Å². The lowest BCUT2D eigenvalue weighted by Crippen LogP contribution is -2.72. The summed E-state index contributed by atoms with van der Waals surface area (Å²) in [4.78, 5) is 21.2. The molecule has 1 saturated heterocycles. The van der Waals surface area contributed by atoms with E-state index in [9.17, 15) is 4.79 Å². The van der Waals surface area contributed by atoms with Gasteiger partial charge in [-0.15, -0.1) is 24.0 Å². The lowest BCUT2D eigenvalue weighted by molar-refractivity contribution is -0.130. The zero-order valence-electron chi connectivity index (χ0n) is 17.6. The molecule has 1 aromatic carbocycles. The van der Waals surface area contributed by atoms with E-state index < -0.39 is 0 Å². The zero-order valence-corrected chi connectivity index (χ0v) is 19.9. The molecule has 1 aromatic rings. The van der Waals surface area contributed by atoms with E-state index in [1.165, 1.54) is 0 Å². The van der Waals surface area contributed by atoms with Crippen molar-refractivity contribution in [3.63, 3.8) is 0 Å². The van der Waals surface area contributed by atoms with Gasteiger partial charge in [0.05, 0.1) is 6.54 Å². The van der Waals surface area contributed by atoms with E-state index in [4.69, 9.17) is 4.99 Å². The Balaban J connectivity index is 0.00000364. The minimum absolute atomic E-state index is 0. The highest BCUT2D eigenvalue weighted by Crippen LogP contribution is 2.46. The number of benzene rings is 1. The van der Waals surface area contributed by atoms with Gasteiger partial charge in [0.1, 0.15) is 0 Å². The Hall–Kier alpha value is -1.31. The maximum Gasteiger partial charge on any atom is 0.224 e. The molecule has 27 heavy (non-hydrogen) atoms. The van der Waals surface area contributed by atoms with Gasteiger partial charge >= 0.3 is 0 Å². The van der Waals surface area contributed by atoms with Crippen molar-refractivity contribution in [2.24, 2.45) is 10.4 Å². The first-order valence-corrected chi connectivity index (χ1v) is 9.53. The van der Waals surface area contributed by atoms with Crippen LogP contribution >= 0.6 is 24.0 Å². The molecule has 0 saturated carbocycles. The molecular weight excluding hydrogens is 451 g/mol. The fourth-order valence-corrected chi connectivity index (χ4v) is 3.19. The van der Waals surface area contributed by atoms with Crippen molar-refractivity contribution in [1.29, 1.82) is 0 Å². The number of halogens is 1. The molecule has 0 spiro atoms. The van der Waals surface area contributed by atoms with Crippen LogP contribution in [0.4, 0.5) is 0 Å². The van der Waals surface area contributed by atoms with Crippen LogP contribution in [0.1, 0.15) is 46.6 Å². The standard InChI is InChI=1S/C21H34N4O.HI/c1-7-22-19(25-16-20(2,3)21(25,4)5)23-14-13-18(26)24(6)15-17-11-9-8-10-12-17;/h8-12H,7,13-16H2,1-6H3,(H,22,23);1H. The number of hydrogen-bond acceptors (Lipinski definition) is 2. The number of nitrogens with zero attached hydrogens (tertiary/aromatic N) is 3. The second-order valence-electron chi connectivity index (χ2n) is 8.25. The second kappa shape index (κ2) is 9.75. The van der Waals surface area contributed by atoms with E-state index in [-0.39, 0.29) is 40.8 Å². The van der Waals surface area contributed by atoms with E-state index in [0.717, 1.165) is 24.6 Å². The first kappa shape index (κ1) is 23.7. The molecule has 0 bridgehead atoms. The van der Waals surface area contributed by atoms with Gasteiger partial charge in [0, 0.05) is 44.1 Å². The number of carbonyl (C=O) groups is 1. The van der Waals surface area contributed by atoms with E-state index in [2.05, 4.69) is 44.8 Å². The summed E-state index contributed by atoms with van der Waals surface area (Å²) < 4.78 is 0. The molecule has 1 heterocycles. The third-order valence-corrected chi connectivity index (χ3v) is 5.75. The third kappa shape index (κ3) is 5.59. The molecule has 0 radical (unpaired) electrons. The highest BCUT2D eigenvalue weighted by atomic mass is 127. The van der Waals surface area contributed by atoms with E-state index >= 15 is 0 Å². The number of carbonyl (C=O) groups excluding carboxylic acids is 1. The number of amides is 1. The number of likely N-dealkylation sites (tertiary alicyclic amines) is 1. The number of rotatable bonds is 6. The van der Waals surface area contributed by atoms with Gasteiger partial charge in [0.25, 0.3) is 0 Å². The average molecular weight is 486 g/mol. The highest BCUT2D eigenvalue weighted by molar-refractivity contribution is 14.0. The second-order valence-corrected chi connectivity index (χ2v) is 8.25. The van der Waals surface area contributed by atoms with Crippen molar-refractivity contribution in [2.75, 3.05) is 26.7 Å². The van der Waals surface area contributed by atoms with Crippen molar-refractivity contribution in [3.8, 4) is 0 Å². The topological polar surface area (TPSA) is 47.9 Å². The number of nitrogens with one attached hydrogen (secondary N) is 1. The minimum Gasteiger partial charge on any atom is -0.356 e. The molecule has 5 nitrogen and oxygen atoms in total. The summed E-state index contributed by atoms with van der Waals surface area (Å²) >= 11 is 0. The molecule has 0 atom stereocenters. The van der Waals surface area contributed by atoms with Gasteiger partial charge in [-0.2, -0.15) is 0 Å². The predicted octanol–water partition coefficient (Wildman–Crippen LogP) is 3.74. The van der Waals surface area contributed by atoms with Gasteiger partial charge in [0.15, 0.2) is 5.96 Å². The number of guanidine groups is 1. The fraction of sp³-hybridized carbons (Fsp3) is 0.619. The molecule has 1 N–H and O–H groups in total. The molecule has 6 heteroatoms. The van der Waals surface area contributed by atoms with Crippen LogP contribution in [0.3, 0.4) is 0 Å². The monoisotopic (exact) mass is 486 g/mol. The summed E-state index contributed by atoms with van der Waals surface area (Å²) in [5, 5.41) is 3.37. The van der Waals surface area contributed by atoms with Crippen LogP contribution < -0.4 is 5.32 Å². The Bertz CT molecular complexity index is 643. The van der Waals surface area contributed by atoms with Gasteiger partial charge < -0.3 is 15.1 Å². The molecule has 0 aromatic heterocycles. The fourth-order valence-electron chi connectivity index (χ4n) is 3.19. The first-order chi connectivity index (χ1) is 12.2. The predicted molar refractivity (Wildman–Crippen MR) is 123 cm³/mol. The lowest BCUT2D eigenvalue weighted by Gasteiger charge is -2.62. The average Bonchev–Trinajstić information content (AvgIpc) is 2.59. The molecular formula is C21H35IN4O. The molecule has 1 amide bonds. The first-order valence-electron chi connectivity index (χ1n) is 9.53. The summed E-state index contributed by atoms with van der Waals surface area (Å²) in [6.07, 6.45) is 0.426. The summed E-state index contributed by atoms with van der Waals surface area (Å²) in [7, 11) is 1.85. The number of hydrogen-bond donors (Lipinski definition) is 1. The summed E-state index contributed by atoms with van der Waals surface area (Å²) in [5.74, 6) is 1.03. The molecule has 1 fully saturated rings. The zero-order chi connectivity index (χ0) is 19.4. The van der Waals surface area contributed by atoms with Gasteiger partial charge in [-0.05, 0) is 26.3 Å². The molecule has 0 aliphatic carbocycles.